The van der Waals surface area contributed by atoms with Crippen LogP contribution in [0, 0.1) is 5.92 Å². The van der Waals surface area contributed by atoms with E-state index in [1.807, 2.05) is 27.2 Å². The lowest BCUT2D eigenvalue weighted by Crippen LogP contribution is -2.44. The molecule has 0 radical (unpaired) electrons. The number of aldehydes is 3. The van der Waals surface area contributed by atoms with Crippen molar-refractivity contribution in [3.8, 4) is 0 Å². The molecule has 0 aliphatic carbocycles. The molecule has 0 saturated carbocycles. The van der Waals surface area contributed by atoms with Crippen molar-refractivity contribution >= 4 is 31.1 Å². The van der Waals surface area contributed by atoms with Crippen molar-refractivity contribution in [2.45, 2.75) is 38.5 Å². The first kappa shape index (κ1) is 40.4. The molecule has 12 heteroatoms. The largest absolute Gasteiger partial charge is 0.400 e. The molecule has 222 valence electrons. The zero-order valence-electron chi connectivity index (χ0n) is 23.8. The third kappa shape index (κ3) is 19.6. The van der Waals surface area contributed by atoms with Gasteiger partial charge in [0.2, 0.25) is 6.41 Å². The predicted octanol–water partition coefficient (Wildman–Crippen LogP) is 0.974. The van der Waals surface area contributed by atoms with Crippen LogP contribution in [0.2, 0.25) is 0 Å². The quantitative estimate of drug-likeness (QED) is 0.140. The van der Waals surface area contributed by atoms with Crippen molar-refractivity contribution in [3.63, 3.8) is 0 Å². The van der Waals surface area contributed by atoms with Gasteiger partial charge in [-0.05, 0) is 12.8 Å². The van der Waals surface area contributed by atoms with Gasteiger partial charge in [0.1, 0.15) is 18.3 Å². The topological polar surface area (TPSA) is 186 Å². The zero-order chi connectivity index (χ0) is 30.7. The SMILES string of the molecule is CCC(C=O)CO.CO.COC.C[N+](C)(/C=C\C(N)=NC=O)C1CCC(CO)O1.O=Cc1ccccc1C=O. The fourth-order valence-corrected chi connectivity index (χ4v) is 2.77. The highest BCUT2D eigenvalue weighted by atomic mass is 16.5. The number of nitrogens with zero attached hydrogens (tertiary/aromatic N) is 2. The van der Waals surface area contributed by atoms with Gasteiger partial charge < -0.3 is 35.3 Å². The molecule has 3 unspecified atom stereocenters. The van der Waals surface area contributed by atoms with Crippen LogP contribution in [0.1, 0.15) is 46.9 Å². The van der Waals surface area contributed by atoms with Crippen molar-refractivity contribution in [1.29, 1.82) is 0 Å². The van der Waals surface area contributed by atoms with Crippen molar-refractivity contribution in [2.75, 3.05) is 48.6 Å². The van der Waals surface area contributed by atoms with Gasteiger partial charge in [-0.3, -0.25) is 18.9 Å². The molecule has 1 amide bonds. The molecule has 1 aliphatic heterocycles. The van der Waals surface area contributed by atoms with Crippen LogP contribution in [-0.2, 0) is 19.1 Å². The Kier molecular flexibility index (Phi) is 27.4. The summed E-state index contributed by atoms with van der Waals surface area (Å²) < 4.78 is 10.4. The molecule has 2 rings (SSSR count). The maximum atomic E-state index is 10.2. The number of amides is 1. The molecule has 0 aromatic heterocycles. The molecule has 1 aliphatic rings. The molecule has 39 heavy (non-hydrogen) atoms. The summed E-state index contributed by atoms with van der Waals surface area (Å²) in [5.74, 6) is 0.0305. The number of hydrogen-bond acceptors (Lipinski definition) is 9. The van der Waals surface area contributed by atoms with Gasteiger partial charge in [0.15, 0.2) is 18.8 Å². The molecule has 5 N–H and O–H groups in total. The first-order valence-electron chi connectivity index (χ1n) is 12.1. The number of carbonyl (C=O) groups is 4. The molecule has 1 saturated heterocycles. The van der Waals surface area contributed by atoms with Crippen LogP contribution < -0.4 is 5.73 Å². The summed E-state index contributed by atoms with van der Waals surface area (Å²) in [5.41, 5.74) is 6.37. The molecule has 0 spiro atoms. The summed E-state index contributed by atoms with van der Waals surface area (Å²) in [6.07, 6.45) is 8.33. The van der Waals surface area contributed by atoms with E-state index in [9.17, 15) is 19.2 Å². The highest BCUT2D eigenvalue weighted by Crippen LogP contribution is 2.25. The van der Waals surface area contributed by atoms with E-state index in [0.29, 0.717) is 34.6 Å². The summed E-state index contributed by atoms with van der Waals surface area (Å²) in [5, 5.41) is 24.3. The normalized spacial score (nSPS) is 16.9. The number of ether oxygens (including phenoxy) is 2. The first-order valence-corrected chi connectivity index (χ1v) is 12.1. The maximum Gasteiger partial charge on any atom is 0.234 e. The Morgan fingerprint density at radius 3 is 1.92 bits per heavy atom. The van der Waals surface area contributed by atoms with Crippen LogP contribution in [0.3, 0.4) is 0 Å². The molecule has 1 aromatic carbocycles. The second-order valence-electron chi connectivity index (χ2n) is 8.34. The van der Waals surface area contributed by atoms with E-state index in [0.717, 1.165) is 32.7 Å². The number of benzene rings is 1. The van der Waals surface area contributed by atoms with Crippen molar-refractivity contribution in [3.05, 3.63) is 47.7 Å². The minimum atomic E-state index is -0.139. The molecule has 3 atom stereocenters. The Bertz CT molecular complexity index is 815. The van der Waals surface area contributed by atoms with Gasteiger partial charge in [-0.1, -0.05) is 31.2 Å². The van der Waals surface area contributed by atoms with Gasteiger partial charge in [-0.15, -0.1) is 0 Å². The summed E-state index contributed by atoms with van der Waals surface area (Å²) in [6, 6.07) is 6.65. The van der Waals surface area contributed by atoms with Crippen LogP contribution in [-0.4, -0.2) is 112 Å². The van der Waals surface area contributed by atoms with Gasteiger partial charge in [0, 0.05) is 50.9 Å². The Balaban J connectivity index is -0.000000500. The van der Waals surface area contributed by atoms with E-state index in [4.69, 9.17) is 25.8 Å². The average molecular weight is 557 g/mol. The second kappa shape index (κ2) is 26.5. The van der Waals surface area contributed by atoms with Gasteiger partial charge in [0.25, 0.3) is 0 Å². The Morgan fingerprint density at radius 2 is 1.62 bits per heavy atom. The summed E-state index contributed by atoms with van der Waals surface area (Å²) >= 11 is 0. The van der Waals surface area contributed by atoms with Crippen molar-refractivity contribution < 1.29 is 48.5 Å². The van der Waals surface area contributed by atoms with Crippen molar-refractivity contribution in [1.82, 2.24) is 0 Å². The predicted molar refractivity (Wildman–Crippen MR) is 149 cm³/mol. The fourth-order valence-electron chi connectivity index (χ4n) is 2.77. The van der Waals surface area contributed by atoms with E-state index in [2.05, 4.69) is 9.73 Å². The lowest BCUT2D eigenvalue weighted by Gasteiger charge is -2.31. The Labute approximate surface area is 231 Å². The molecule has 12 nitrogen and oxygen atoms in total. The fraction of sp³-hybridized carbons (Fsp3) is 0.519. The number of rotatable bonds is 10. The van der Waals surface area contributed by atoms with Gasteiger partial charge >= 0.3 is 0 Å². The minimum absolute atomic E-state index is 0.00701. The van der Waals surface area contributed by atoms with Gasteiger partial charge in [-0.25, -0.2) is 0 Å². The summed E-state index contributed by atoms with van der Waals surface area (Å²) in [6.45, 7) is 1.91. The lowest BCUT2D eigenvalue weighted by molar-refractivity contribution is -0.889. The van der Waals surface area contributed by atoms with Crippen LogP contribution in [0.4, 0.5) is 0 Å². The monoisotopic (exact) mass is 556 g/mol. The van der Waals surface area contributed by atoms with E-state index in [1.54, 1.807) is 44.6 Å². The van der Waals surface area contributed by atoms with Crippen LogP contribution >= 0.6 is 0 Å². The minimum Gasteiger partial charge on any atom is -0.400 e. The molecular formula is C27H46N3O9+. The van der Waals surface area contributed by atoms with E-state index < -0.39 is 0 Å². The van der Waals surface area contributed by atoms with Crippen molar-refractivity contribution in [2.24, 2.45) is 16.6 Å². The van der Waals surface area contributed by atoms with Crippen LogP contribution in [0.25, 0.3) is 0 Å². The molecule has 1 heterocycles. The Morgan fingerprint density at radius 1 is 1.10 bits per heavy atom. The Hall–Kier alpha value is -3.13. The number of aliphatic hydroxyl groups is 3. The summed E-state index contributed by atoms with van der Waals surface area (Å²) in [7, 11) is 8.18. The maximum absolute atomic E-state index is 10.2. The van der Waals surface area contributed by atoms with E-state index in [-0.39, 0.29) is 37.3 Å². The number of aliphatic imine (C=N–C) groups is 1. The van der Waals surface area contributed by atoms with E-state index in [1.165, 1.54) is 0 Å². The first-order chi connectivity index (χ1) is 18.6. The average Bonchev–Trinajstić information content (AvgIpc) is 3.46. The standard InChI is InChI=1S/C11H19N3O3.C8H6O2.C5H10O2.C2H6O.CH4O/c1-14(2,6-5-10(12)13-8-16)11-4-3-9(7-15)17-11;9-5-7-3-1-2-4-8(7)6-10;1-2-5(3-6)4-7;1-3-2;1-2/h5-6,8-9,11,15H,3-4,7H2,1-2H3,(H-,12,13,16);1-6H;3,5,7H,2,4H2,1H3;1-2H3;2H,1H3/p+1/b6-5-;;;;. The number of quaternary nitrogens is 1. The number of nitrogens with two attached hydrogens (primary N) is 1. The summed E-state index contributed by atoms with van der Waals surface area (Å²) in [4.78, 5) is 43.8. The molecule has 1 fully saturated rings. The molecule has 1 aromatic rings. The number of carbonyl (C=O) groups excluding carboxylic acids is 4. The highest BCUT2D eigenvalue weighted by molar-refractivity contribution is 5.95. The third-order valence-electron chi connectivity index (χ3n) is 5.06. The number of methoxy groups -OCH3 is 1. The van der Waals surface area contributed by atoms with Gasteiger partial charge in [0.05, 0.1) is 33.4 Å². The van der Waals surface area contributed by atoms with Crippen LogP contribution in [0.15, 0.2) is 41.5 Å². The number of amidine groups is 1. The van der Waals surface area contributed by atoms with E-state index >= 15 is 0 Å². The zero-order valence-corrected chi connectivity index (χ0v) is 23.8. The number of aliphatic hydroxyl groups excluding tert-OH is 3. The number of hydrogen-bond donors (Lipinski definition) is 4. The molecular weight excluding hydrogens is 510 g/mol. The second-order valence-corrected chi connectivity index (χ2v) is 8.34. The van der Waals surface area contributed by atoms with Crippen LogP contribution in [0.5, 0.6) is 0 Å². The lowest BCUT2D eigenvalue weighted by atomic mass is 10.1. The smallest absolute Gasteiger partial charge is 0.234 e. The highest BCUT2D eigenvalue weighted by Gasteiger charge is 2.35. The van der Waals surface area contributed by atoms with Gasteiger partial charge in [-0.2, -0.15) is 4.99 Å². The molecule has 0 bridgehead atoms. The third-order valence-corrected chi connectivity index (χ3v) is 5.06.